The summed E-state index contributed by atoms with van der Waals surface area (Å²) in [6.45, 7) is 2.67. The maximum absolute atomic E-state index is 9.32. The van der Waals surface area contributed by atoms with Crippen molar-refractivity contribution in [3.05, 3.63) is 24.0 Å². The standard InChI is InChI=1S/C11H15N3O/c1-2-7(6-12)11-13-9-4-3-8(15)5-10(9)14-11/h3-5,7,15H,2,6,12H2,1H3,(H,13,14). The normalized spacial score (nSPS) is 13.2. The van der Waals surface area contributed by atoms with Crippen LogP contribution in [0.4, 0.5) is 0 Å². The van der Waals surface area contributed by atoms with E-state index in [0.717, 1.165) is 23.3 Å². The second-order valence-corrected chi connectivity index (χ2v) is 3.66. The molecule has 2 rings (SSSR count). The molecule has 80 valence electrons. The predicted molar refractivity (Wildman–Crippen MR) is 59.8 cm³/mol. The zero-order chi connectivity index (χ0) is 10.8. The van der Waals surface area contributed by atoms with Crippen LogP contribution in [0.2, 0.25) is 0 Å². The van der Waals surface area contributed by atoms with Gasteiger partial charge in [-0.3, -0.25) is 0 Å². The number of phenolic OH excluding ortho intramolecular Hbond substituents is 1. The minimum atomic E-state index is 0.249. The van der Waals surface area contributed by atoms with Crippen LogP contribution in [0, 0.1) is 0 Å². The molecule has 0 fully saturated rings. The minimum Gasteiger partial charge on any atom is -0.508 e. The highest BCUT2D eigenvalue weighted by molar-refractivity contribution is 5.76. The Balaban J connectivity index is 2.46. The topological polar surface area (TPSA) is 74.9 Å². The molecule has 0 amide bonds. The van der Waals surface area contributed by atoms with Crippen LogP contribution >= 0.6 is 0 Å². The molecule has 1 aromatic carbocycles. The molecule has 0 saturated carbocycles. The maximum Gasteiger partial charge on any atom is 0.117 e. The number of benzene rings is 1. The zero-order valence-electron chi connectivity index (χ0n) is 8.70. The van der Waals surface area contributed by atoms with E-state index in [9.17, 15) is 5.11 Å². The smallest absolute Gasteiger partial charge is 0.117 e. The van der Waals surface area contributed by atoms with Gasteiger partial charge in [0.1, 0.15) is 11.6 Å². The Kier molecular flexibility index (Phi) is 2.60. The summed E-state index contributed by atoms with van der Waals surface area (Å²) in [7, 11) is 0. The van der Waals surface area contributed by atoms with Gasteiger partial charge in [-0.25, -0.2) is 4.98 Å². The molecule has 1 unspecified atom stereocenters. The number of hydrogen-bond acceptors (Lipinski definition) is 3. The van der Waals surface area contributed by atoms with E-state index >= 15 is 0 Å². The first-order valence-electron chi connectivity index (χ1n) is 5.13. The summed E-state index contributed by atoms with van der Waals surface area (Å²) in [5, 5.41) is 9.32. The van der Waals surface area contributed by atoms with Crippen LogP contribution in [-0.2, 0) is 0 Å². The number of aromatic hydroxyl groups is 1. The number of hydrogen-bond donors (Lipinski definition) is 3. The summed E-state index contributed by atoms with van der Waals surface area (Å²) in [6, 6.07) is 5.11. The fourth-order valence-corrected chi connectivity index (χ4v) is 1.68. The van der Waals surface area contributed by atoms with Crippen molar-refractivity contribution in [1.29, 1.82) is 0 Å². The molecule has 0 aliphatic rings. The van der Waals surface area contributed by atoms with Crippen molar-refractivity contribution in [3.8, 4) is 5.75 Å². The van der Waals surface area contributed by atoms with Gasteiger partial charge in [-0.05, 0) is 18.6 Å². The molecule has 0 aliphatic carbocycles. The molecule has 1 aromatic heterocycles. The van der Waals surface area contributed by atoms with Gasteiger partial charge < -0.3 is 15.8 Å². The average molecular weight is 205 g/mol. The minimum absolute atomic E-state index is 0.249. The highest BCUT2D eigenvalue weighted by atomic mass is 16.3. The molecule has 4 N–H and O–H groups in total. The lowest BCUT2D eigenvalue weighted by atomic mass is 10.1. The second kappa shape index (κ2) is 3.90. The van der Waals surface area contributed by atoms with Crippen molar-refractivity contribution in [2.75, 3.05) is 6.54 Å². The lowest BCUT2D eigenvalue weighted by Crippen LogP contribution is -2.12. The van der Waals surface area contributed by atoms with Gasteiger partial charge in [0, 0.05) is 18.5 Å². The number of imidazole rings is 1. The van der Waals surface area contributed by atoms with E-state index < -0.39 is 0 Å². The summed E-state index contributed by atoms with van der Waals surface area (Å²) >= 11 is 0. The molecule has 0 saturated heterocycles. The Bertz CT molecular complexity index is 460. The van der Waals surface area contributed by atoms with Crippen molar-refractivity contribution in [3.63, 3.8) is 0 Å². The summed E-state index contributed by atoms with van der Waals surface area (Å²) in [5.41, 5.74) is 7.39. The van der Waals surface area contributed by atoms with Gasteiger partial charge in [-0.2, -0.15) is 0 Å². The van der Waals surface area contributed by atoms with Crippen molar-refractivity contribution < 1.29 is 5.11 Å². The molecule has 4 heteroatoms. The molecule has 0 radical (unpaired) electrons. The van der Waals surface area contributed by atoms with E-state index in [4.69, 9.17) is 5.73 Å². The van der Waals surface area contributed by atoms with E-state index in [1.165, 1.54) is 0 Å². The summed E-state index contributed by atoms with van der Waals surface area (Å²) < 4.78 is 0. The van der Waals surface area contributed by atoms with Crippen LogP contribution < -0.4 is 5.73 Å². The molecule has 1 heterocycles. The fraction of sp³-hybridized carbons (Fsp3) is 0.364. The summed E-state index contributed by atoms with van der Waals surface area (Å²) in [4.78, 5) is 7.64. The molecule has 0 aliphatic heterocycles. The SMILES string of the molecule is CCC(CN)c1nc2ccc(O)cc2[nH]1. The largest absolute Gasteiger partial charge is 0.508 e. The molecule has 1 atom stereocenters. The first-order valence-corrected chi connectivity index (χ1v) is 5.13. The number of aromatic amines is 1. The van der Waals surface area contributed by atoms with E-state index in [-0.39, 0.29) is 11.7 Å². The number of nitrogens with one attached hydrogen (secondary N) is 1. The van der Waals surface area contributed by atoms with Crippen molar-refractivity contribution >= 4 is 11.0 Å². The number of phenols is 1. The van der Waals surface area contributed by atoms with Crippen molar-refractivity contribution in [1.82, 2.24) is 9.97 Å². The van der Waals surface area contributed by atoms with E-state index in [1.807, 2.05) is 0 Å². The first-order chi connectivity index (χ1) is 7.24. The second-order valence-electron chi connectivity index (χ2n) is 3.66. The third-order valence-corrected chi connectivity index (χ3v) is 2.65. The Morgan fingerprint density at radius 1 is 1.53 bits per heavy atom. The van der Waals surface area contributed by atoms with Gasteiger partial charge in [0.15, 0.2) is 0 Å². The highest BCUT2D eigenvalue weighted by Crippen LogP contribution is 2.22. The van der Waals surface area contributed by atoms with Crippen molar-refractivity contribution in [2.45, 2.75) is 19.3 Å². The molecule has 0 bridgehead atoms. The van der Waals surface area contributed by atoms with Crippen LogP contribution in [0.5, 0.6) is 5.75 Å². The number of aromatic nitrogens is 2. The number of rotatable bonds is 3. The quantitative estimate of drug-likeness (QED) is 0.714. The van der Waals surface area contributed by atoms with Crippen LogP contribution in [-0.4, -0.2) is 21.6 Å². The van der Waals surface area contributed by atoms with Crippen LogP contribution in [0.15, 0.2) is 18.2 Å². The van der Waals surface area contributed by atoms with Gasteiger partial charge in [-0.1, -0.05) is 6.92 Å². The summed E-state index contributed by atoms with van der Waals surface area (Å²) in [6.07, 6.45) is 0.961. The van der Waals surface area contributed by atoms with E-state index in [2.05, 4.69) is 16.9 Å². The predicted octanol–water partition coefficient (Wildman–Crippen LogP) is 1.72. The molecule has 4 nitrogen and oxygen atoms in total. The lowest BCUT2D eigenvalue weighted by Gasteiger charge is -2.07. The van der Waals surface area contributed by atoms with Crippen molar-refractivity contribution in [2.24, 2.45) is 5.73 Å². The maximum atomic E-state index is 9.32. The van der Waals surface area contributed by atoms with Gasteiger partial charge in [0.05, 0.1) is 11.0 Å². The lowest BCUT2D eigenvalue weighted by molar-refractivity contribution is 0.476. The number of fused-ring (bicyclic) bond motifs is 1. The number of H-pyrrole nitrogens is 1. The number of nitrogens with two attached hydrogens (primary N) is 1. The molecule has 0 spiro atoms. The van der Waals surface area contributed by atoms with E-state index in [1.54, 1.807) is 18.2 Å². The average Bonchev–Trinajstić information content (AvgIpc) is 2.62. The van der Waals surface area contributed by atoms with Gasteiger partial charge in [0.25, 0.3) is 0 Å². The van der Waals surface area contributed by atoms with Crippen LogP contribution in [0.1, 0.15) is 25.1 Å². The van der Waals surface area contributed by atoms with Gasteiger partial charge in [0.2, 0.25) is 0 Å². The Hall–Kier alpha value is -1.55. The molecule has 15 heavy (non-hydrogen) atoms. The molecule has 2 aromatic rings. The Morgan fingerprint density at radius 2 is 2.33 bits per heavy atom. The summed E-state index contributed by atoms with van der Waals surface area (Å²) in [5.74, 6) is 1.42. The third-order valence-electron chi connectivity index (χ3n) is 2.65. The molecular formula is C11H15N3O. The third kappa shape index (κ3) is 1.80. The van der Waals surface area contributed by atoms with Gasteiger partial charge >= 0.3 is 0 Å². The Morgan fingerprint density at radius 3 is 3.00 bits per heavy atom. The highest BCUT2D eigenvalue weighted by Gasteiger charge is 2.12. The van der Waals surface area contributed by atoms with Crippen LogP contribution in [0.25, 0.3) is 11.0 Å². The fourth-order valence-electron chi connectivity index (χ4n) is 1.68. The Labute approximate surface area is 88.1 Å². The number of nitrogens with zero attached hydrogens (tertiary/aromatic N) is 1. The molecular weight excluding hydrogens is 190 g/mol. The van der Waals surface area contributed by atoms with E-state index in [0.29, 0.717) is 6.54 Å². The van der Waals surface area contributed by atoms with Gasteiger partial charge in [-0.15, -0.1) is 0 Å². The van der Waals surface area contributed by atoms with Crippen LogP contribution in [0.3, 0.4) is 0 Å². The monoisotopic (exact) mass is 205 g/mol. The zero-order valence-corrected chi connectivity index (χ0v) is 8.70. The first kappa shape index (κ1) is 9.98.